The third kappa shape index (κ3) is 4.27. The Bertz CT molecular complexity index is 1010. The van der Waals surface area contributed by atoms with Gasteiger partial charge in [-0.15, -0.1) is 0 Å². The van der Waals surface area contributed by atoms with Gasteiger partial charge in [0.1, 0.15) is 0 Å². The Labute approximate surface area is 172 Å². The van der Waals surface area contributed by atoms with Crippen LogP contribution < -0.4 is 15.2 Å². The number of ether oxygens (including phenoxy) is 3. The fourth-order valence-corrected chi connectivity index (χ4v) is 3.23. The summed E-state index contributed by atoms with van der Waals surface area (Å²) in [5.74, 6) is -0.0845. The van der Waals surface area contributed by atoms with Crippen LogP contribution in [-0.4, -0.2) is 49.1 Å². The number of rotatable bonds is 6. The highest BCUT2D eigenvalue weighted by atomic mass is 16.6. The van der Waals surface area contributed by atoms with E-state index >= 15 is 0 Å². The van der Waals surface area contributed by atoms with Crippen LogP contribution in [0.5, 0.6) is 11.5 Å². The molecule has 10 nitrogen and oxygen atoms in total. The van der Waals surface area contributed by atoms with Crippen molar-refractivity contribution < 1.29 is 28.7 Å². The van der Waals surface area contributed by atoms with Crippen LogP contribution in [0.3, 0.4) is 0 Å². The van der Waals surface area contributed by atoms with E-state index in [9.17, 15) is 19.7 Å². The van der Waals surface area contributed by atoms with Gasteiger partial charge >= 0.3 is 5.97 Å². The van der Waals surface area contributed by atoms with Crippen molar-refractivity contribution in [2.24, 2.45) is 0 Å². The average molecular weight is 415 g/mol. The van der Waals surface area contributed by atoms with E-state index in [0.29, 0.717) is 31.0 Å². The van der Waals surface area contributed by atoms with Gasteiger partial charge in [0.25, 0.3) is 11.6 Å². The zero-order valence-electron chi connectivity index (χ0n) is 16.5. The lowest BCUT2D eigenvalue weighted by atomic mass is 9.99. The van der Waals surface area contributed by atoms with Gasteiger partial charge in [0.2, 0.25) is 0 Å². The molecular weight excluding hydrogens is 394 g/mol. The highest BCUT2D eigenvalue weighted by molar-refractivity contribution is 5.97. The SMILES string of the molecule is COc1cc2c(cc1OC)CN(C(=O)COC(=O)c1cc([N+](=O)[O-])ccc1N)CC2. The first-order valence-corrected chi connectivity index (χ1v) is 9.06. The molecule has 10 heteroatoms. The number of carbonyl (C=O) groups excluding carboxylic acids is 2. The zero-order chi connectivity index (χ0) is 21.8. The molecule has 0 radical (unpaired) electrons. The molecule has 0 unspecified atom stereocenters. The van der Waals surface area contributed by atoms with E-state index < -0.39 is 17.5 Å². The van der Waals surface area contributed by atoms with Gasteiger partial charge in [-0.3, -0.25) is 14.9 Å². The largest absolute Gasteiger partial charge is 0.493 e. The summed E-state index contributed by atoms with van der Waals surface area (Å²) in [4.78, 5) is 36.6. The van der Waals surface area contributed by atoms with Gasteiger partial charge in [-0.1, -0.05) is 0 Å². The Morgan fingerprint density at radius 1 is 1.13 bits per heavy atom. The molecule has 0 bridgehead atoms. The maximum Gasteiger partial charge on any atom is 0.341 e. The predicted molar refractivity (Wildman–Crippen MR) is 106 cm³/mol. The van der Waals surface area contributed by atoms with E-state index in [1.807, 2.05) is 12.1 Å². The average Bonchev–Trinajstić information content (AvgIpc) is 2.75. The standard InChI is InChI=1S/C20H21N3O7/c1-28-17-7-12-5-6-22(10-13(12)8-18(17)29-2)19(24)11-30-20(25)15-9-14(23(26)27)3-4-16(15)21/h3-4,7-9H,5-6,10-11,21H2,1-2H3. The van der Waals surface area contributed by atoms with Crippen molar-refractivity contribution in [1.29, 1.82) is 0 Å². The molecule has 1 amide bonds. The molecule has 2 N–H and O–H groups in total. The summed E-state index contributed by atoms with van der Waals surface area (Å²) in [7, 11) is 3.10. The van der Waals surface area contributed by atoms with Gasteiger partial charge < -0.3 is 24.8 Å². The Morgan fingerprint density at radius 3 is 2.43 bits per heavy atom. The molecule has 2 aromatic rings. The molecule has 3 rings (SSSR count). The Hall–Kier alpha value is -3.82. The highest BCUT2D eigenvalue weighted by Crippen LogP contribution is 2.33. The number of nitro groups is 1. The summed E-state index contributed by atoms with van der Waals surface area (Å²) >= 11 is 0. The van der Waals surface area contributed by atoms with Crippen LogP contribution in [0.2, 0.25) is 0 Å². The molecule has 0 fully saturated rings. The minimum Gasteiger partial charge on any atom is -0.493 e. The van der Waals surface area contributed by atoms with Gasteiger partial charge in [-0.25, -0.2) is 4.79 Å². The topological polar surface area (TPSA) is 134 Å². The third-order valence-corrected chi connectivity index (χ3v) is 4.87. The number of nitrogen functional groups attached to an aromatic ring is 1. The molecule has 30 heavy (non-hydrogen) atoms. The number of esters is 1. The summed E-state index contributed by atoms with van der Waals surface area (Å²) in [6.07, 6.45) is 0.618. The number of nitrogens with zero attached hydrogens (tertiary/aromatic N) is 2. The summed E-state index contributed by atoms with van der Waals surface area (Å²) in [5, 5.41) is 10.9. The maximum atomic E-state index is 12.5. The van der Waals surface area contributed by atoms with Crippen LogP contribution in [-0.2, 0) is 22.5 Å². The maximum absolute atomic E-state index is 12.5. The molecule has 0 atom stereocenters. The van der Waals surface area contributed by atoms with E-state index in [1.165, 1.54) is 19.2 Å². The molecule has 1 aliphatic rings. The lowest BCUT2D eigenvalue weighted by Crippen LogP contribution is -2.38. The summed E-state index contributed by atoms with van der Waals surface area (Å²) < 4.78 is 15.7. The Morgan fingerprint density at radius 2 is 1.80 bits per heavy atom. The molecule has 1 heterocycles. The number of benzene rings is 2. The summed E-state index contributed by atoms with van der Waals surface area (Å²) in [6.45, 7) is 0.298. The number of hydrogen-bond acceptors (Lipinski definition) is 8. The fourth-order valence-electron chi connectivity index (χ4n) is 3.23. The lowest BCUT2D eigenvalue weighted by Gasteiger charge is -2.29. The molecule has 0 aliphatic carbocycles. The summed E-state index contributed by atoms with van der Waals surface area (Å²) in [6, 6.07) is 7.18. The monoisotopic (exact) mass is 415 g/mol. The number of hydrogen-bond donors (Lipinski definition) is 1. The molecule has 0 saturated heterocycles. The number of anilines is 1. The first-order chi connectivity index (χ1) is 14.3. The quantitative estimate of drug-likeness (QED) is 0.327. The molecule has 0 spiro atoms. The van der Waals surface area contributed by atoms with Crippen LogP contribution in [0.25, 0.3) is 0 Å². The van der Waals surface area contributed by atoms with Crippen molar-refractivity contribution in [3.05, 3.63) is 57.1 Å². The minimum atomic E-state index is -0.895. The number of fused-ring (bicyclic) bond motifs is 1. The van der Waals surface area contributed by atoms with Gasteiger partial charge in [0.15, 0.2) is 18.1 Å². The normalized spacial score (nSPS) is 12.7. The number of nitro benzene ring substituents is 1. The lowest BCUT2D eigenvalue weighted by molar-refractivity contribution is -0.384. The number of amides is 1. The molecule has 1 aliphatic heterocycles. The van der Waals surface area contributed by atoms with E-state index in [2.05, 4.69) is 0 Å². The minimum absolute atomic E-state index is 0.0333. The van der Waals surface area contributed by atoms with Crippen LogP contribution in [0.4, 0.5) is 11.4 Å². The molecular formula is C20H21N3O7. The number of nitrogens with two attached hydrogens (primary N) is 1. The summed E-state index contributed by atoms with van der Waals surface area (Å²) in [5.41, 5.74) is 7.26. The van der Waals surface area contributed by atoms with E-state index in [4.69, 9.17) is 19.9 Å². The second kappa shape index (κ2) is 8.68. The highest BCUT2D eigenvalue weighted by Gasteiger charge is 2.24. The van der Waals surface area contributed by atoms with Crippen molar-refractivity contribution in [3.8, 4) is 11.5 Å². The van der Waals surface area contributed by atoms with Crippen LogP contribution in [0.1, 0.15) is 21.5 Å². The number of methoxy groups -OCH3 is 2. The van der Waals surface area contributed by atoms with Gasteiger partial charge in [0, 0.05) is 30.9 Å². The second-order valence-electron chi connectivity index (χ2n) is 6.65. The van der Waals surface area contributed by atoms with Crippen molar-refractivity contribution in [2.75, 3.05) is 33.1 Å². The Balaban J connectivity index is 1.66. The van der Waals surface area contributed by atoms with E-state index in [0.717, 1.165) is 17.2 Å². The number of carbonyl (C=O) groups is 2. The molecule has 158 valence electrons. The molecule has 0 aromatic heterocycles. The molecule has 2 aromatic carbocycles. The van der Waals surface area contributed by atoms with Crippen molar-refractivity contribution in [3.63, 3.8) is 0 Å². The van der Waals surface area contributed by atoms with Crippen molar-refractivity contribution >= 4 is 23.3 Å². The van der Waals surface area contributed by atoms with Gasteiger partial charge in [0.05, 0.1) is 24.7 Å². The smallest absolute Gasteiger partial charge is 0.341 e. The predicted octanol–water partition coefficient (Wildman–Crippen LogP) is 1.94. The van der Waals surface area contributed by atoms with Crippen molar-refractivity contribution in [1.82, 2.24) is 4.90 Å². The van der Waals surface area contributed by atoms with E-state index in [1.54, 1.807) is 12.0 Å². The first-order valence-electron chi connectivity index (χ1n) is 9.06. The van der Waals surface area contributed by atoms with E-state index in [-0.39, 0.29) is 22.8 Å². The van der Waals surface area contributed by atoms with Crippen LogP contribution in [0.15, 0.2) is 30.3 Å². The van der Waals surface area contributed by atoms with Gasteiger partial charge in [-0.05, 0) is 35.7 Å². The third-order valence-electron chi connectivity index (χ3n) is 4.87. The Kier molecular flexibility index (Phi) is 6.05. The molecule has 0 saturated carbocycles. The van der Waals surface area contributed by atoms with Crippen molar-refractivity contribution in [2.45, 2.75) is 13.0 Å². The van der Waals surface area contributed by atoms with Gasteiger partial charge in [-0.2, -0.15) is 0 Å². The van der Waals surface area contributed by atoms with Crippen LogP contribution >= 0.6 is 0 Å². The van der Waals surface area contributed by atoms with Crippen LogP contribution in [0, 0.1) is 10.1 Å². The second-order valence-corrected chi connectivity index (χ2v) is 6.65. The zero-order valence-corrected chi connectivity index (χ0v) is 16.5. The number of non-ortho nitro benzene ring substituents is 1. The first kappa shape index (κ1) is 20.9. The fraction of sp³-hybridized carbons (Fsp3) is 0.300.